The molecule has 2 aromatic rings. The lowest BCUT2D eigenvalue weighted by atomic mass is 10.1. The Morgan fingerprint density at radius 3 is 2.67 bits per heavy atom. The van der Waals surface area contributed by atoms with Gasteiger partial charge in [0.25, 0.3) is 0 Å². The zero-order valence-electron chi connectivity index (χ0n) is 12.3. The van der Waals surface area contributed by atoms with Gasteiger partial charge in [0.15, 0.2) is 0 Å². The number of nitrogens with two attached hydrogens (primary N) is 1. The molecule has 0 fully saturated rings. The minimum Gasteiger partial charge on any atom is -0.491 e. The fraction of sp³-hybridized carbons (Fsp3) is 0.235. The topological polar surface area (TPSA) is 64.3 Å². The van der Waals surface area contributed by atoms with Crippen molar-refractivity contribution in [3.05, 3.63) is 53.6 Å². The average Bonchev–Trinajstić information content (AvgIpc) is 2.46. The first-order valence-corrected chi connectivity index (χ1v) is 6.91. The molecule has 0 aliphatic rings. The molecule has 0 unspecified atom stereocenters. The number of ether oxygens (including phenoxy) is 1. The van der Waals surface area contributed by atoms with Gasteiger partial charge in [-0.3, -0.25) is 4.79 Å². The van der Waals surface area contributed by atoms with E-state index in [0.29, 0.717) is 18.0 Å². The smallest absolute Gasteiger partial charge is 0.227 e. The normalized spacial score (nSPS) is 10.2. The van der Waals surface area contributed by atoms with Crippen LogP contribution in [0.5, 0.6) is 5.75 Å². The van der Waals surface area contributed by atoms with E-state index in [9.17, 15) is 4.79 Å². The summed E-state index contributed by atoms with van der Waals surface area (Å²) in [7, 11) is 0. The van der Waals surface area contributed by atoms with E-state index in [2.05, 4.69) is 5.32 Å². The summed E-state index contributed by atoms with van der Waals surface area (Å²) in [6.07, 6.45) is 0.279. The number of hydrogen-bond donors (Lipinski definition) is 2. The first-order valence-electron chi connectivity index (χ1n) is 6.91. The fourth-order valence-electron chi connectivity index (χ4n) is 1.96. The predicted octanol–water partition coefficient (Wildman–Crippen LogP) is 3.29. The van der Waals surface area contributed by atoms with Crippen LogP contribution in [0.4, 0.5) is 11.4 Å². The van der Waals surface area contributed by atoms with Crippen LogP contribution in [-0.2, 0) is 4.79 Å². The van der Waals surface area contributed by atoms with Gasteiger partial charge in [0.1, 0.15) is 5.75 Å². The standard InChI is InChI=1S/C17H20N2O2/c1-12-6-5-8-15(13(12)2)19-17(20)10-11-21-16-9-4-3-7-14(16)18/h3-9H,10-11,18H2,1-2H3,(H,19,20). The molecule has 0 atom stereocenters. The number of nitrogen functional groups attached to an aromatic ring is 1. The lowest BCUT2D eigenvalue weighted by molar-refractivity contribution is -0.116. The molecule has 0 bridgehead atoms. The molecule has 0 aliphatic heterocycles. The molecule has 0 aliphatic carbocycles. The van der Waals surface area contributed by atoms with Crippen molar-refractivity contribution in [1.82, 2.24) is 0 Å². The van der Waals surface area contributed by atoms with Crippen molar-refractivity contribution >= 4 is 17.3 Å². The highest BCUT2D eigenvalue weighted by molar-refractivity contribution is 5.91. The number of rotatable bonds is 5. The highest BCUT2D eigenvalue weighted by atomic mass is 16.5. The third kappa shape index (κ3) is 3.99. The number of amides is 1. The first-order chi connectivity index (χ1) is 10.1. The van der Waals surface area contributed by atoms with E-state index < -0.39 is 0 Å². The van der Waals surface area contributed by atoms with Gasteiger partial charge in [0.2, 0.25) is 5.91 Å². The lowest BCUT2D eigenvalue weighted by Gasteiger charge is -2.11. The number of anilines is 2. The van der Waals surface area contributed by atoms with E-state index in [1.807, 2.05) is 44.2 Å². The van der Waals surface area contributed by atoms with Crippen LogP contribution in [0.25, 0.3) is 0 Å². The third-order valence-corrected chi connectivity index (χ3v) is 3.38. The monoisotopic (exact) mass is 284 g/mol. The van der Waals surface area contributed by atoms with Crippen molar-refractivity contribution in [2.45, 2.75) is 20.3 Å². The molecular formula is C17H20N2O2. The number of para-hydroxylation sites is 2. The second-order valence-electron chi connectivity index (χ2n) is 4.93. The van der Waals surface area contributed by atoms with Crippen LogP contribution in [0.3, 0.4) is 0 Å². The SMILES string of the molecule is Cc1cccc(NC(=O)CCOc2ccccc2N)c1C. The number of carbonyl (C=O) groups is 1. The van der Waals surface area contributed by atoms with E-state index in [-0.39, 0.29) is 12.3 Å². The summed E-state index contributed by atoms with van der Waals surface area (Å²) in [5, 5.41) is 2.90. The van der Waals surface area contributed by atoms with E-state index in [0.717, 1.165) is 16.8 Å². The van der Waals surface area contributed by atoms with Crippen molar-refractivity contribution in [2.75, 3.05) is 17.7 Å². The minimum absolute atomic E-state index is 0.0711. The van der Waals surface area contributed by atoms with Gasteiger partial charge >= 0.3 is 0 Å². The number of aryl methyl sites for hydroxylation is 1. The maximum atomic E-state index is 11.9. The summed E-state index contributed by atoms with van der Waals surface area (Å²) in [5.41, 5.74) is 9.43. The molecule has 0 heterocycles. The van der Waals surface area contributed by atoms with Gasteiger partial charge < -0.3 is 15.8 Å². The maximum Gasteiger partial charge on any atom is 0.227 e. The second kappa shape index (κ2) is 6.79. The minimum atomic E-state index is -0.0711. The van der Waals surface area contributed by atoms with Gasteiger partial charge in [-0.15, -0.1) is 0 Å². The Morgan fingerprint density at radius 1 is 1.14 bits per heavy atom. The molecule has 4 nitrogen and oxygen atoms in total. The molecule has 2 rings (SSSR count). The van der Waals surface area contributed by atoms with Crippen molar-refractivity contribution in [3.63, 3.8) is 0 Å². The van der Waals surface area contributed by atoms with Crippen molar-refractivity contribution in [2.24, 2.45) is 0 Å². The largest absolute Gasteiger partial charge is 0.491 e. The van der Waals surface area contributed by atoms with Crippen LogP contribution in [0, 0.1) is 13.8 Å². The lowest BCUT2D eigenvalue weighted by Crippen LogP contribution is -2.16. The third-order valence-electron chi connectivity index (χ3n) is 3.38. The van der Waals surface area contributed by atoms with Gasteiger partial charge in [-0.1, -0.05) is 24.3 Å². The molecule has 0 aromatic heterocycles. The Morgan fingerprint density at radius 2 is 1.90 bits per heavy atom. The highest BCUT2D eigenvalue weighted by Gasteiger charge is 2.07. The van der Waals surface area contributed by atoms with Crippen molar-refractivity contribution in [3.8, 4) is 5.75 Å². The summed E-state index contributed by atoms with van der Waals surface area (Å²) in [6, 6.07) is 13.1. The van der Waals surface area contributed by atoms with E-state index in [1.54, 1.807) is 12.1 Å². The van der Waals surface area contributed by atoms with Crippen LogP contribution in [0.1, 0.15) is 17.5 Å². The summed E-state index contributed by atoms with van der Waals surface area (Å²) in [6.45, 7) is 4.31. The summed E-state index contributed by atoms with van der Waals surface area (Å²) >= 11 is 0. The predicted molar refractivity (Wildman–Crippen MR) is 85.5 cm³/mol. The molecule has 2 aromatic carbocycles. The van der Waals surface area contributed by atoms with Crippen molar-refractivity contribution in [1.29, 1.82) is 0 Å². The van der Waals surface area contributed by atoms with Gasteiger partial charge in [-0.05, 0) is 43.2 Å². The zero-order valence-corrected chi connectivity index (χ0v) is 12.3. The molecule has 0 radical (unpaired) electrons. The highest BCUT2D eigenvalue weighted by Crippen LogP contribution is 2.20. The molecule has 0 spiro atoms. The van der Waals surface area contributed by atoms with Crippen molar-refractivity contribution < 1.29 is 9.53 Å². The van der Waals surface area contributed by atoms with E-state index in [4.69, 9.17) is 10.5 Å². The zero-order chi connectivity index (χ0) is 15.2. The molecular weight excluding hydrogens is 264 g/mol. The average molecular weight is 284 g/mol. The Labute approximate surface area is 124 Å². The van der Waals surface area contributed by atoms with Crippen LogP contribution < -0.4 is 15.8 Å². The Bertz CT molecular complexity index is 638. The maximum absolute atomic E-state index is 11.9. The van der Waals surface area contributed by atoms with Gasteiger partial charge in [0, 0.05) is 5.69 Å². The second-order valence-corrected chi connectivity index (χ2v) is 4.93. The van der Waals surface area contributed by atoms with Crippen LogP contribution in [0.2, 0.25) is 0 Å². The van der Waals surface area contributed by atoms with Crippen LogP contribution >= 0.6 is 0 Å². The van der Waals surface area contributed by atoms with E-state index in [1.165, 1.54) is 0 Å². The first kappa shape index (κ1) is 14.9. The van der Waals surface area contributed by atoms with Gasteiger partial charge in [-0.2, -0.15) is 0 Å². The molecule has 0 saturated carbocycles. The van der Waals surface area contributed by atoms with Gasteiger partial charge in [-0.25, -0.2) is 0 Å². The van der Waals surface area contributed by atoms with Gasteiger partial charge in [0.05, 0.1) is 18.7 Å². The molecule has 0 saturated heterocycles. The number of nitrogens with one attached hydrogen (secondary N) is 1. The fourth-order valence-corrected chi connectivity index (χ4v) is 1.96. The van der Waals surface area contributed by atoms with E-state index >= 15 is 0 Å². The molecule has 3 N–H and O–H groups in total. The molecule has 4 heteroatoms. The molecule has 21 heavy (non-hydrogen) atoms. The Hall–Kier alpha value is -2.49. The molecule has 1 amide bonds. The number of carbonyl (C=O) groups excluding carboxylic acids is 1. The molecule has 110 valence electrons. The Balaban J connectivity index is 1.85. The summed E-state index contributed by atoms with van der Waals surface area (Å²) < 4.78 is 5.51. The quantitative estimate of drug-likeness (QED) is 0.828. The number of benzene rings is 2. The van der Waals surface area contributed by atoms with Crippen LogP contribution in [0.15, 0.2) is 42.5 Å². The summed E-state index contributed by atoms with van der Waals surface area (Å²) in [5.74, 6) is 0.537. The number of hydrogen-bond acceptors (Lipinski definition) is 3. The Kier molecular flexibility index (Phi) is 4.82. The van der Waals surface area contributed by atoms with Crippen LogP contribution in [-0.4, -0.2) is 12.5 Å². The summed E-state index contributed by atoms with van der Waals surface area (Å²) in [4.78, 5) is 11.9.